The number of anilines is 2. The summed E-state index contributed by atoms with van der Waals surface area (Å²) >= 11 is 0. The quantitative estimate of drug-likeness (QED) is 0.911. The van der Waals surface area contributed by atoms with Gasteiger partial charge in [0.1, 0.15) is 17.5 Å². The van der Waals surface area contributed by atoms with Crippen molar-refractivity contribution in [2.45, 2.75) is 33.2 Å². The van der Waals surface area contributed by atoms with Crippen LogP contribution in [0.15, 0.2) is 30.3 Å². The highest BCUT2D eigenvalue weighted by molar-refractivity contribution is 5.58. The molecule has 0 aliphatic heterocycles. The van der Waals surface area contributed by atoms with Crippen molar-refractivity contribution >= 4 is 11.6 Å². The van der Waals surface area contributed by atoms with Gasteiger partial charge in [-0.05, 0) is 12.5 Å². The predicted molar refractivity (Wildman–Crippen MR) is 89.0 cm³/mol. The Balaban J connectivity index is 2.35. The molecule has 0 fully saturated rings. The summed E-state index contributed by atoms with van der Waals surface area (Å²) in [6.45, 7) is 7.13. The third kappa shape index (κ3) is 3.51. The maximum Gasteiger partial charge on any atom is 0.137 e. The van der Waals surface area contributed by atoms with Crippen LogP contribution in [0.3, 0.4) is 0 Å². The summed E-state index contributed by atoms with van der Waals surface area (Å²) in [4.78, 5) is 11.5. The molecule has 112 valence electrons. The van der Waals surface area contributed by atoms with Crippen molar-refractivity contribution in [1.82, 2.24) is 9.97 Å². The first-order valence-electron chi connectivity index (χ1n) is 7.34. The molecule has 2 rings (SSSR count). The molecule has 1 N–H and O–H groups in total. The van der Waals surface area contributed by atoms with Crippen LogP contribution in [0.2, 0.25) is 0 Å². The molecule has 21 heavy (non-hydrogen) atoms. The molecule has 4 nitrogen and oxygen atoms in total. The van der Waals surface area contributed by atoms with Gasteiger partial charge in [0.25, 0.3) is 0 Å². The largest absolute Gasteiger partial charge is 0.373 e. The van der Waals surface area contributed by atoms with Crippen molar-refractivity contribution in [2.24, 2.45) is 0 Å². The first kappa shape index (κ1) is 15.3. The average molecular weight is 284 g/mol. The fraction of sp³-hybridized carbons (Fsp3) is 0.412. The standard InChI is InChI=1S/C17H24N4/c1-12(2)15-19-16(18-4)13(3)17(20-15)21(5)11-14-9-7-6-8-10-14/h6-10,12H,11H2,1-5H3,(H,18,19,20). The zero-order valence-electron chi connectivity index (χ0n) is 13.5. The second kappa shape index (κ2) is 6.57. The monoisotopic (exact) mass is 284 g/mol. The Morgan fingerprint density at radius 2 is 1.81 bits per heavy atom. The van der Waals surface area contributed by atoms with E-state index in [1.54, 1.807) is 0 Å². The molecular formula is C17H24N4. The summed E-state index contributed by atoms with van der Waals surface area (Å²) in [5.74, 6) is 3.08. The van der Waals surface area contributed by atoms with Crippen molar-refractivity contribution in [3.63, 3.8) is 0 Å². The number of hydrogen-bond donors (Lipinski definition) is 1. The lowest BCUT2D eigenvalue weighted by molar-refractivity contribution is 0.760. The number of nitrogens with one attached hydrogen (secondary N) is 1. The first-order valence-corrected chi connectivity index (χ1v) is 7.34. The van der Waals surface area contributed by atoms with E-state index in [4.69, 9.17) is 4.98 Å². The Labute approximate surface area is 127 Å². The van der Waals surface area contributed by atoms with Gasteiger partial charge in [0.2, 0.25) is 0 Å². The van der Waals surface area contributed by atoms with Crippen LogP contribution in [0, 0.1) is 6.92 Å². The van der Waals surface area contributed by atoms with Gasteiger partial charge < -0.3 is 10.2 Å². The minimum absolute atomic E-state index is 0.307. The van der Waals surface area contributed by atoms with Crippen molar-refractivity contribution < 1.29 is 0 Å². The van der Waals surface area contributed by atoms with E-state index >= 15 is 0 Å². The fourth-order valence-corrected chi connectivity index (χ4v) is 2.33. The number of aromatic nitrogens is 2. The molecule has 0 saturated carbocycles. The molecular weight excluding hydrogens is 260 g/mol. The summed E-state index contributed by atoms with van der Waals surface area (Å²) in [5, 5.41) is 3.17. The third-order valence-corrected chi connectivity index (χ3v) is 3.51. The normalized spacial score (nSPS) is 10.8. The van der Waals surface area contributed by atoms with Crippen LogP contribution in [0.5, 0.6) is 0 Å². The molecule has 1 aromatic heterocycles. The summed E-state index contributed by atoms with van der Waals surface area (Å²) in [5.41, 5.74) is 2.36. The molecule has 0 atom stereocenters. The Morgan fingerprint density at radius 1 is 1.14 bits per heavy atom. The highest BCUT2D eigenvalue weighted by Crippen LogP contribution is 2.26. The molecule has 0 unspecified atom stereocenters. The van der Waals surface area contributed by atoms with E-state index in [0.717, 1.165) is 29.6 Å². The lowest BCUT2D eigenvalue weighted by Gasteiger charge is -2.23. The maximum absolute atomic E-state index is 4.75. The van der Waals surface area contributed by atoms with Gasteiger partial charge in [-0.2, -0.15) is 0 Å². The topological polar surface area (TPSA) is 41.1 Å². The van der Waals surface area contributed by atoms with E-state index in [1.807, 2.05) is 13.1 Å². The summed E-state index contributed by atoms with van der Waals surface area (Å²) < 4.78 is 0. The SMILES string of the molecule is CNc1nc(C(C)C)nc(N(C)Cc2ccccc2)c1C. The molecule has 0 radical (unpaired) electrons. The van der Waals surface area contributed by atoms with Crippen molar-refractivity contribution in [2.75, 3.05) is 24.3 Å². The van der Waals surface area contributed by atoms with E-state index in [0.29, 0.717) is 5.92 Å². The molecule has 0 aliphatic rings. The van der Waals surface area contributed by atoms with Crippen molar-refractivity contribution in [3.8, 4) is 0 Å². The van der Waals surface area contributed by atoms with E-state index in [9.17, 15) is 0 Å². The van der Waals surface area contributed by atoms with Crippen LogP contribution in [0.1, 0.15) is 36.7 Å². The van der Waals surface area contributed by atoms with Gasteiger partial charge in [0, 0.05) is 32.1 Å². The molecule has 0 spiro atoms. The summed E-state index contributed by atoms with van der Waals surface area (Å²) in [7, 11) is 3.98. The number of hydrogen-bond acceptors (Lipinski definition) is 4. The smallest absolute Gasteiger partial charge is 0.137 e. The molecule has 4 heteroatoms. The zero-order valence-corrected chi connectivity index (χ0v) is 13.5. The van der Waals surface area contributed by atoms with Gasteiger partial charge in [0.05, 0.1) is 0 Å². The van der Waals surface area contributed by atoms with Gasteiger partial charge >= 0.3 is 0 Å². The molecule has 0 amide bonds. The number of nitrogens with zero attached hydrogens (tertiary/aromatic N) is 3. The fourth-order valence-electron chi connectivity index (χ4n) is 2.33. The summed E-state index contributed by atoms with van der Waals surface area (Å²) in [6, 6.07) is 10.4. The third-order valence-electron chi connectivity index (χ3n) is 3.51. The molecule has 0 aliphatic carbocycles. The lowest BCUT2D eigenvalue weighted by Crippen LogP contribution is -2.21. The molecule has 1 aromatic carbocycles. The van der Waals surface area contributed by atoms with Gasteiger partial charge in [-0.15, -0.1) is 0 Å². The highest BCUT2D eigenvalue weighted by Gasteiger charge is 2.15. The lowest BCUT2D eigenvalue weighted by atomic mass is 10.1. The Kier molecular flexibility index (Phi) is 4.78. The second-order valence-corrected chi connectivity index (χ2v) is 5.63. The molecule has 1 heterocycles. The van der Waals surface area contributed by atoms with E-state index in [-0.39, 0.29) is 0 Å². The van der Waals surface area contributed by atoms with Gasteiger partial charge in [0.15, 0.2) is 0 Å². The van der Waals surface area contributed by atoms with Crippen LogP contribution in [-0.4, -0.2) is 24.1 Å². The molecule has 2 aromatic rings. The average Bonchev–Trinajstić information content (AvgIpc) is 2.48. The van der Waals surface area contributed by atoms with E-state index in [1.165, 1.54) is 5.56 Å². The molecule has 0 saturated heterocycles. The minimum atomic E-state index is 0.307. The number of rotatable bonds is 5. The summed E-state index contributed by atoms with van der Waals surface area (Å²) in [6.07, 6.45) is 0. The Morgan fingerprint density at radius 3 is 2.38 bits per heavy atom. The van der Waals surface area contributed by atoms with E-state index < -0.39 is 0 Å². The Bertz CT molecular complexity index is 593. The van der Waals surface area contributed by atoms with Crippen LogP contribution in [0.4, 0.5) is 11.6 Å². The first-order chi connectivity index (χ1) is 10.0. The zero-order chi connectivity index (χ0) is 15.4. The van der Waals surface area contributed by atoms with Gasteiger partial charge in [-0.3, -0.25) is 0 Å². The predicted octanol–water partition coefficient (Wildman–Crippen LogP) is 3.59. The van der Waals surface area contributed by atoms with Crippen LogP contribution >= 0.6 is 0 Å². The second-order valence-electron chi connectivity index (χ2n) is 5.63. The van der Waals surface area contributed by atoms with Crippen molar-refractivity contribution in [3.05, 3.63) is 47.3 Å². The maximum atomic E-state index is 4.75. The molecule has 0 bridgehead atoms. The van der Waals surface area contributed by atoms with Crippen LogP contribution in [-0.2, 0) is 6.54 Å². The number of benzene rings is 1. The Hall–Kier alpha value is -2.10. The highest BCUT2D eigenvalue weighted by atomic mass is 15.2. The van der Waals surface area contributed by atoms with Crippen LogP contribution < -0.4 is 10.2 Å². The van der Waals surface area contributed by atoms with E-state index in [2.05, 4.69) is 67.3 Å². The van der Waals surface area contributed by atoms with Crippen molar-refractivity contribution in [1.29, 1.82) is 0 Å². The van der Waals surface area contributed by atoms with Crippen LogP contribution in [0.25, 0.3) is 0 Å². The van der Waals surface area contributed by atoms with Gasteiger partial charge in [-0.25, -0.2) is 9.97 Å². The van der Waals surface area contributed by atoms with Gasteiger partial charge in [-0.1, -0.05) is 44.2 Å². The minimum Gasteiger partial charge on any atom is -0.373 e.